The van der Waals surface area contributed by atoms with Crippen LogP contribution in [0.25, 0.3) is 5.57 Å². The van der Waals surface area contributed by atoms with Crippen molar-refractivity contribution in [3.63, 3.8) is 0 Å². The maximum absolute atomic E-state index is 13.1. The van der Waals surface area contributed by atoms with Gasteiger partial charge in [-0.25, -0.2) is 0 Å². The highest BCUT2D eigenvalue weighted by atomic mass is 16.5. The van der Waals surface area contributed by atoms with Crippen molar-refractivity contribution in [3.8, 4) is 11.5 Å². The van der Waals surface area contributed by atoms with Crippen LogP contribution in [0.5, 0.6) is 11.5 Å². The molecule has 4 heteroatoms. The zero-order valence-corrected chi connectivity index (χ0v) is 24.9. The van der Waals surface area contributed by atoms with E-state index < -0.39 is 0 Å². The summed E-state index contributed by atoms with van der Waals surface area (Å²) in [6.07, 6.45) is 12.1. The van der Waals surface area contributed by atoms with Crippen LogP contribution in [0.2, 0.25) is 0 Å². The van der Waals surface area contributed by atoms with Crippen molar-refractivity contribution in [2.24, 2.45) is 5.92 Å². The van der Waals surface area contributed by atoms with Crippen LogP contribution >= 0.6 is 0 Å². The summed E-state index contributed by atoms with van der Waals surface area (Å²) in [6.45, 7) is 18.6. The molecule has 0 amide bonds. The summed E-state index contributed by atoms with van der Waals surface area (Å²) in [6, 6.07) is 4.40. The van der Waals surface area contributed by atoms with Gasteiger partial charge in [-0.3, -0.25) is 4.79 Å². The molecule has 0 bridgehead atoms. The van der Waals surface area contributed by atoms with Crippen LogP contribution in [0.4, 0.5) is 0 Å². The summed E-state index contributed by atoms with van der Waals surface area (Å²) in [4.78, 5) is 15.4. The molecule has 1 aliphatic heterocycles. The van der Waals surface area contributed by atoms with Crippen LogP contribution in [0.3, 0.4) is 0 Å². The second-order valence-electron chi connectivity index (χ2n) is 12.0. The Labute approximate surface area is 227 Å². The van der Waals surface area contributed by atoms with Crippen LogP contribution < -0.4 is 9.47 Å². The third kappa shape index (κ3) is 7.85. The highest BCUT2D eigenvalue weighted by Crippen LogP contribution is 2.52. The minimum absolute atomic E-state index is 0.130. The number of benzene rings is 1. The Kier molecular flexibility index (Phi) is 11.1. The first kappa shape index (κ1) is 29.7. The molecule has 0 fully saturated rings. The van der Waals surface area contributed by atoms with Crippen LogP contribution in [0.1, 0.15) is 136 Å². The van der Waals surface area contributed by atoms with Gasteiger partial charge in [0.25, 0.3) is 0 Å². The van der Waals surface area contributed by atoms with Gasteiger partial charge in [0.05, 0.1) is 5.56 Å². The molecule has 2 unspecified atom stereocenters. The number of allylic oxidation sites excluding steroid dienone is 1. The minimum Gasteiger partial charge on any atom is -0.483 e. The summed E-state index contributed by atoms with van der Waals surface area (Å²) in [5, 5.41) is 0. The zero-order valence-electron chi connectivity index (χ0n) is 24.9. The summed E-state index contributed by atoms with van der Waals surface area (Å²) in [7, 11) is 0. The number of ether oxygens (including phenoxy) is 2. The van der Waals surface area contributed by atoms with Crippen LogP contribution in [0.15, 0.2) is 17.7 Å². The minimum atomic E-state index is -0.324. The molecule has 0 aromatic heterocycles. The number of carbonyl (C=O) groups is 1. The fourth-order valence-electron chi connectivity index (χ4n) is 6.10. The van der Waals surface area contributed by atoms with Crippen molar-refractivity contribution >= 4 is 11.5 Å². The molecule has 208 valence electrons. The molecule has 1 aromatic rings. The van der Waals surface area contributed by atoms with Gasteiger partial charge in [-0.15, -0.1) is 0 Å². The summed E-state index contributed by atoms with van der Waals surface area (Å²) in [5.41, 5.74) is 4.68. The van der Waals surface area contributed by atoms with Crippen molar-refractivity contribution in [2.45, 2.75) is 131 Å². The molecule has 2 aliphatic rings. The molecule has 0 radical (unpaired) electrons. The normalized spacial score (nSPS) is 19.3. The summed E-state index contributed by atoms with van der Waals surface area (Å²) >= 11 is 0. The molecule has 0 spiro atoms. The van der Waals surface area contributed by atoms with Gasteiger partial charge in [0, 0.05) is 6.42 Å². The fourth-order valence-corrected chi connectivity index (χ4v) is 6.10. The maximum atomic E-state index is 13.1. The van der Waals surface area contributed by atoms with Gasteiger partial charge in [-0.05, 0) is 106 Å². The van der Waals surface area contributed by atoms with E-state index in [0.717, 1.165) is 62.4 Å². The molecule has 1 heterocycles. The number of carbonyl (C=O) groups excluding carboxylic acids is 1. The topological polar surface area (TPSA) is 38.8 Å². The molecule has 0 saturated heterocycles. The Morgan fingerprint density at radius 3 is 2.54 bits per heavy atom. The highest BCUT2D eigenvalue weighted by molar-refractivity contribution is 5.84. The van der Waals surface area contributed by atoms with E-state index >= 15 is 0 Å². The molecule has 1 aromatic carbocycles. The smallest absolute Gasteiger partial charge is 0.311 e. The van der Waals surface area contributed by atoms with Gasteiger partial charge in [-0.2, -0.15) is 0 Å². The van der Waals surface area contributed by atoms with E-state index in [0.29, 0.717) is 18.3 Å². The molecule has 3 rings (SSSR count). The van der Waals surface area contributed by atoms with Gasteiger partial charge in [0.2, 0.25) is 0 Å². The predicted octanol–water partition coefficient (Wildman–Crippen LogP) is 8.92. The van der Waals surface area contributed by atoms with Gasteiger partial charge < -0.3 is 14.4 Å². The van der Waals surface area contributed by atoms with E-state index in [1.165, 1.54) is 55.2 Å². The van der Waals surface area contributed by atoms with Crippen molar-refractivity contribution in [3.05, 3.63) is 28.8 Å². The van der Waals surface area contributed by atoms with E-state index in [1.807, 2.05) is 0 Å². The largest absolute Gasteiger partial charge is 0.483 e. The van der Waals surface area contributed by atoms with Crippen LogP contribution in [-0.2, 0) is 4.79 Å². The quantitative estimate of drug-likeness (QED) is 0.142. The lowest BCUT2D eigenvalue weighted by molar-refractivity contribution is -0.134. The van der Waals surface area contributed by atoms with E-state index in [-0.39, 0.29) is 11.6 Å². The van der Waals surface area contributed by atoms with E-state index in [4.69, 9.17) is 9.47 Å². The Bertz CT molecular complexity index is 928. The lowest BCUT2D eigenvalue weighted by Gasteiger charge is -2.41. The monoisotopic (exact) mass is 511 g/mol. The van der Waals surface area contributed by atoms with E-state index in [2.05, 4.69) is 65.5 Å². The van der Waals surface area contributed by atoms with Crippen molar-refractivity contribution in [1.82, 2.24) is 4.90 Å². The average molecular weight is 512 g/mol. The van der Waals surface area contributed by atoms with Gasteiger partial charge >= 0.3 is 5.97 Å². The second kappa shape index (κ2) is 13.8. The highest BCUT2D eigenvalue weighted by Gasteiger charge is 2.39. The van der Waals surface area contributed by atoms with Crippen molar-refractivity contribution in [2.75, 3.05) is 19.6 Å². The molecular weight excluding hydrogens is 458 g/mol. The van der Waals surface area contributed by atoms with E-state index in [9.17, 15) is 4.79 Å². The number of hydrogen-bond donors (Lipinski definition) is 0. The van der Waals surface area contributed by atoms with Gasteiger partial charge in [-0.1, -0.05) is 66.7 Å². The molecule has 0 N–H and O–H groups in total. The predicted molar refractivity (Wildman–Crippen MR) is 156 cm³/mol. The number of hydrogen-bond acceptors (Lipinski definition) is 4. The van der Waals surface area contributed by atoms with Crippen LogP contribution in [-0.4, -0.2) is 36.1 Å². The number of unbranched alkanes of at least 4 members (excludes halogenated alkanes) is 4. The number of esters is 1. The third-order valence-electron chi connectivity index (χ3n) is 8.57. The first-order valence-electron chi connectivity index (χ1n) is 15.2. The van der Waals surface area contributed by atoms with Crippen molar-refractivity contribution < 1.29 is 14.3 Å². The molecule has 0 saturated carbocycles. The molecule has 1 aliphatic carbocycles. The summed E-state index contributed by atoms with van der Waals surface area (Å²) < 4.78 is 12.9. The average Bonchev–Trinajstić information content (AvgIpc) is 2.85. The maximum Gasteiger partial charge on any atom is 0.311 e. The first-order chi connectivity index (χ1) is 17.7. The molecular formula is C33H53NO3. The first-order valence-corrected chi connectivity index (χ1v) is 15.2. The second-order valence-corrected chi connectivity index (χ2v) is 12.0. The Hall–Kier alpha value is -1.81. The van der Waals surface area contributed by atoms with Gasteiger partial charge in [0.1, 0.15) is 17.1 Å². The number of nitrogens with zero attached hydrogens (tertiary/aromatic N) is 1. The Morgan fingerprint density at radius 1 is 1.11 bits per heavy atom. The molecule has 37 heavy (non-hydrogen) atoms. The van der Waals surface area contributed by atoms with Crippen molar-refractivity contribution in [1.29, 1.82) is 0 Å². The third-order valence-corrected chi connectivity index (χ3v) is 8.57. The number of rotatable bonds is 14. The lowest BCUT2D eigenvalue weighted by atomic mass is 9.74. The van der Waals surface area contributed by atoms with Crippen LogP contribution in [0, 0.1) is 5.92 Å². The van der Waals surface area contributed by atoms with Gasteiger partial charge in [0.15, 0.2) is 0 Å². The Balaban J connectivity index is 1.88. The standard InChI is InChI=1S/C33H53NO3/c1-8-11-12-13-14-16-25(5)26-22-29(36-31(35)17-15-20-34(9-2)10-3)32-27-21-24(4)18-19-28(27)33(6,7)37-30(32)23-26/h22-25H,8-21H2,1-7H3. The number of fused-ring (bicyclic) bond motifs is 2. The lowest BCUT2D eigenvalue weighted by Crippen LogP contribution is -2.37. The summed E-state index contributed by atoms with van der Waals surface area (Å²) in [5.74, 6) is 2.52. The SMILES string of the molecule is CCCCCCCC(C)c1cc(OC(=O)CCCN(CC)CC)c2c(c1)OC(C)(C)C1=C2CC(C)CC1. The molecule has 4 nitrogen and oxygen atoms in total. The molecule has 2 atom stereocenters. The fraction of sp³-hybridized carbons (Fsp3) is 0.727. The Morgan fingerprint density at radius 2 is 1.84 bits per heavy atom. The zero-order chi connectivity index (χ0) is 27.0. The van der Waals surface area contributed by atoms with E-state index in [1.54, 1.807) is 0 Å².